The number of fused-ring (bicyclic) bond motifs is 4. The minimum absolute atomic E-state index is 0.0214. The summed E-state index contributed by atoms with van der Waals surface area (Å²) in [5, 5.41) is 10.3. The number of aromatic nitrogens is 4. The number of aryl methyl sites for hydroxylation is 6. The number of hydrogen-bond donors (Lipinski definition) is 1. The fourth-order valence-electron chi connectivity index (χ4n) is 9.41. The zero-order valence-corrected chi connectivity index (χ0v) is 37.9. The summed E-state index contributed by atoms with van der Waals surface area (Å²) in [5.41, 5.74) is 12.7. The molecule has 4 aliphatic carbocycles. The van der Waals surface area contributed by atoms with Gasteiger partial charge in [-0.2, -0.15) is 19.8 Å². The first-order valence-corrected chi connectivity index (χ1v) is 24.5. The van der Waals surface area contributed by atoms with E-state index in [1.165, 1.54) is 84.9 Å². The van der Waals surface area contributed by atoms with E-state index in [2.05, 4.69) is 27.6 Å². The topological polar surface area (TPSA) is 222 Å². The maximum atomic E-state index is 13.0. The van der Waals surface area contributed by atoms with Gasteiger partial charge in [0.1, 0.15) is 17.2 Å². The van der Waals surface area contributed by atoms with Gasteiger partial charge in [0.15, 0.2) is 21.6 Å². The van der Waals surface area contributed by atoms with E-state index >= 15 is 0 Å². The summed E-state index contributed by atoms with van der Waals surface area (Å²) in [5.74, 6) is -2.33. The van der Waals surface area contributed by atoms with Gasteiger partial charge in [0.05, 0.1) is 0 Å². The Kier molecular flexibility index (Phi) is 14.8. The van der Waals surface area contributed by atoms with Crippen LogP contribution >= 0.6 is 0 Å². The van der Waals surface area contributed by atoms with Crippen molar-refractivity contribution >= 4 is 49.2 Å². The molecule has 0 fully saturated rings. The number of carbonyl (C=O) groups excluding carboxylic acids is 6. The van der Waals surface area contributed by atoms with Crippen LogP contribution in [0.25, 0.3) is 0 Å². The standard InChI is InChI=1S/C25H32N4O5S.C19H22N2O3S.CO2/c1-16(30)26-10-11-28(2)25(32)23-14-24(27-29(23)3)35(33,34)15-19(31)13-22-20-8-4-6-17(20)12-18-7-5-9-21(18)22;1-21-9-8-19(20-21)25(23,24)12-15(22)11-18-16-6-2-4-13(16)10-14-5-3-7-17(14)18;2-1-3/h12,14H,4-11,13,15H2,1-3H3,(H,26,30);8-10H,2-7,11-12H2,1H3;. The van der Waals surface area contributed by atoms with Crippen LogP contribution in [0.2, 0.25) is 0 Å². The summed E-state index contributed by atoms with van der Waals surface area (Å²) in [7, 11) is -2.96. The van der Waals surface area contributed by atoms with Gasteiger partial charge >= 0.3 is 6.15 Å². The van der Waals surface area contributed by atoms with Crippen LogP contribution in [0, 0.1) is 0 Å². The predicted octanol–water partition coefficient (Wildman–Crippen LogP) is 2.59. The Morgan fingerprint density at radius 2 is 1.11 bits per heavy atom. The highest BCUT2D eigenvalue weighted by molar-refractivity contribution is 7.92. The third-order valence-electron chi connectivity index (χ3n) is 12.2. The number of sulfone groups is 2. The second-order valence-electron chi connectivity index (χ2n) is 16.7. The highest BCUT2D eigenvalue weighted by Crippen LogP contribution is 2.37. The third-order valence-corrected chi connectivity index (χ3v) is 15.3. The van der Waals surface area contributed by atoms with Crippen LogP contribution in [0.3, 0.4) is 0 Å². The van der Waals surface area contributed by atoms with Gasteiger partial charge in [-0.25, -0.2) is 16.8 Å². The van der Waals surface area contributed by atoms with Crippen molar-refractivity contribution < 1.29 is 45.6 Å². The number of amides is 2. The van der Waals surface area contributed by atoms with E-state index in [4.69, 9.17) is 9.59 Å². The minimum atomic E-state index is -4.01. The Bertz CT molecular complexity index is 2650. The van der Waals surface area contributed by atoms with E-state index in [9.17, 15) is 36.0 Å². The molecule has 0 aliphatic heterocycles. The second kappa shape index (κ2) is 19.9. The molecule has 16 nitrogen and oxygen atoms in total. The number of carbonyl (C=O) groups is 4. The fourth-order valence-corrected chi connectivity index (χ4v) is 11.8. The summed E-state index contributed by atoms with van der Waals surface area (Å²) in [6, 6.07) is 7.27. The fraction of sp³-hybridized carbons (Fsp3) is 0.489. The molecular formula is C45H54N6O10S2. The first-order chi connectivity index (χ1) is 29.9. The summed E-state index contributed by atoms with van der Waals surface area (Å²) in [4.78, 5) is 67.0. The molecule has 0 bridgehead atoms. The molecule has 4 aliphatic rings. The van der Waals surface area contributed by atoms with Crippen LogP contribution in [-0.2, 0) is 122 Å². The van der Waals surface area contributed by atoms with Crippen molar-refractivity contribution in [2.24, 2.45) is 14.1 Å². The van der Waals surface area contributed by atoms with Crippen molar-refractivity contribution in [3.8, 4) is 0 Å². The molecule has 0 saturated carbocycles. The van der Waals surface area contributed by atoms with Crippen molar-refractivity contribution in [2.75, 3.05) is 31.6 Å². The lowest BCUT2D eigenvalue weighted by atomic mass is 9.91. The smallest absolute Gasteiger partial charge is 0.355 e. The molecule has 2 amide bonds. The zero-order chi connectivity index (χ0) is 45.6. The predicted molar refractivity (Wildman–Crippen MR) is 230 cm³/mol. The van der Waals surface area contributed by atoms with Crippen LogP contribution in [0.1, 0.15) is 98.7 Å². The second-order valence-corrected chi connectivity index (χ2v) is 20.6. The lowest BCUT2D eigenvalue weighted by Gasteiger charge is -2.16. The summed E-state index contributed by atoms with van der Waals surface area (Å²) in [6.45, 7) is 1.93. The largest absolute Gasteiger partial charge is 0.373 e. The minimum Gasteiger partial charge on any atom is -0.355 e. The molecule has 0 saturated heterocycles. The van der Waals surface area contributed by atoms with Crippen LogP contribution in [0.4, 0.5) is 0 Å². The van der Waals surface area contributed by atoms with E-state index in [-0.39, 0.29) is 65.3 Å². The number of Topliss-reactive ketones (excluding diaryl/α,β-unsaturated/α-hetero) is 2. The van der Waals surface area contributed by atoms with Gasteiger partial charge in [0, 0.05) is 66.3 Å². The Morgan fingerprint density at radius 1 is 0.683 bits per heavy atom. The molecule has 8 rings (SSSR count). The molecule has 1 N–H and O–H groups in total. The summed E-state index contributed by atoms with van der Waals surface area (Å²) < 4.78 is 53.6. The van der Waals surface area contributed by atoms with Gasteiger partial charge in [-0.1, -0.05) is 12.1 Å². The third kappa shape index (κ3) is 11.0. The number of rotatable bonds is 14. The number of ketones is 2. The van der Waals surface area contributed by atoms with Crippen molar-refractivity contribution in [3.63, 3.8) is 0 Å². The molecule has 18 heteroatoms. The Labute approximate surface area is 367 Å². The average Bonchev–Trinajstić information content (AvgIpc) is 4.06. The number of hydrogen-bond acceptors (Lipinski definition) is 12. The summed E-state index contributed by atoms with van der Waals surface area (Å²) in [6.07, 6.45) is 14.7. The van der Waals surface area contributed by atoms with Crippen LogP contribution in [-0.4, -0.2) is 102 Å². The van der Waals surface area contributed by atoms with Gasteiger partial charge < -0.3 is 10.2 Å². The molecule has 0 spiro atoms. The highest BCUT2D eigenvalue weighted by atomic mass is 32.2. The molecule has 336 valence electrons. The van der Waals surface area contributed by atoms with Crippen LogP contribution < -0.4 is 5.32 Å². The first-order valence-electron chi connectivity index (χ1n) is 21.2. The van der Waals surface area contributed by atoms with Crippen molar-refractivity contribution in [3.05, 3.63) is 91.8 Å². The molecule has 2 aromatic heterocycles. The van der Waals surface area contributed by atoms with Gasteiger partial charge in [-0.3, -0.25) is 28.5 Å². The van der Waals surface area contributed by atoms with Gasteiger partial charge in [-0.15, -0.1) is 0 Å². The number of benzene rings is 2. The molecule has 0 atom stereocenters. The zero-order valence-electron chi connectivity index (χ0n) is 36.2. The number of nitrogens with zero attached hydrogens (tertiary/aromatic N) is 5. The average molecular weight is 903 g/mol. The summed E-state index contributed by atoms with van der Waals surface area (Å²) >= 11 is 0. The van der Waals surface area contributed by atoms with Gasteiger partial charge in [-0.05, 0) is 139 Å². The van der Waals surface area contributed by atoms with E-state index in [1.807, 2.05) is 0 Å². The van der Waals surface area contributed by atoms with Crippen LogP contribution in [0.5, 0.6) is 0 Å². The van der Waals surface area contributed by atoms with Crippen LogP contribution in [0.15, 0.2) is 40.5 Å². The molecule has 0 unspecified atom stereocenters. The normalized spacial score (nSPS) is 14.5. The van der Waals surface area contributed by atoms with E-state index in [0.717, 1.165) is 88.2 Å². The molecule has 0 radical (unpaired) electrons. The Balaban J connectivity index is 0.000000207. The van der Waals surface area contributed by atoms with E-state index in [0.29, 0.717) is 0 Å². The number of likely N-dealkylation sites (N-methyl/N-ethyl adjacent to an activating group) is 1. The lowest BCUT2D eigenvalue weighted by Crippen LogP contribution is -2.36. The highest BCUT2D eigenvalue weighted by Gasteiger charge is 2.31. The monoisotopic (exact) mass is 902 g/mol. The van der Waals surface area contributed by atoms with Crippen molar-refractivity contribution in [2.45, 2.75) is 107 Å². The molecule has 63 heavy (non-hydrogen) atoms. The van der Waals surface area contributed by atoms with E-state index in [1.54, 1.807) is 20.3 Å². The first kappa shape index (κ1) is 46.9. The maximum absolute atomic E-state index is 13.0. The lowest BCUT2D eigenvalue weighted by molar-refractivity contribution is -0.191. The molecule has 2 heterocycles. The molecule has 4 aromatic rings. The number of nitrogens with one attached hydrogen (secondary N) is 1. The van der Waals surface area contributed by atoms with Gasteiger partial charge in [0.2, 0.25) is 25.6 Å². The quantitative estimate of drug-likeness (QED) is 0.193. The molecule has 2 aromatic carbocycles. The Morgan fingerprint density at radius 3 is 1.51 bits per heavy atom. The van der Waals surface area contributed by atoms with Crippen molar-refractivity contribution in [1.82, 2.24) is 29.8 Å². The van der Waals surface area contributed by atoms with E-state index < -0.39 is 37.1 Å². The SMILES string of the molecule is CC(=O)NCCN(C)C(=O)c1cc(S(=O)(=O)CC(=O)Cc2c3c(cc4c2CCC4)CCC3)nn1C.Cn1ccc(S(=O)(=O)CC(=O)Cc2c3c(cc4c2CCC4)CCC3)n1.O=C=O. The Hall–Kier alpha value is -5.58. The van der Waals surface area contributed by atoms with Gasteiger partial charge in [0.25, 0.3) is 5.91 Å². The molecular weight excluding hydrogens is 849 g/mol. The maximum Gasteiger partial charge on any atom is 0.373 e. The van der Waals surface area contributed by atoms with Crippen molar-refractivity contribution in [1.29, 1.82) is 0 Å².